The van der Waals surface area contributed by atoms with Crippen LogP contribution in [-0.4, -0.2) is 33.5 Å². The Bertz CT molecular complexity index is 620. The van der Waals surface area contributed by atoms with Crippen molar-refractivity contribution in [3.8, 4) is 0 Å². The Balaban J connectivity index is 2.63. The van der Waals surface area contributed by atoms with Crippen LogP contribution in [0.15, 0.2) is 22.9 Å². The second-order valence-electron chi connectivity index (χ2n) is 3.22. The molecule has 0 aliphatic rings. The lowest BCUT2D eigenvalue weighted by Crippen LogP contribution is -2.03. The van der Waals surface area contributed by atoms with Gasteiger partial charge in [0.25, 0.3) is 0 Å². The first-order chi connectivity index (χ1) is 8.02. The average molecular weight is 299 g/mol. The summed E-state index contributed by atoms with van der Waals surface area (Å²) < 4.78 is 6.62. The highest BCUT2D eigenvalue weighted by Gasteiger charge is 2.15. The van der Waals surface area contributed by atoms with Crippen LogP contribution in [0.1, 0.15) is 20.8 Å². The molecule has 0 saturated carbocycles. The van der Waals surface area contributed by atoms with Crippen LogP contribution in [0.25, 0.3) is 5.65 Å². The molecule has 7 heteroatoms. The smallest absolute Gasteiger partial charge is 0.356 e. The third-order valence-electron chi connectivity index (χ3n) is 2.17. The van der Waals surface area contributed by atoms with Crippen LogP contribution in [-0.2, 0) is 4.74 Å². The Morgan fingerprint density at radius 3 is 2.76 bits per heavy atom. The van der Waals surface area contributed by atoms with E-state index in [2.05, 4.69) is 25.7 Å². The number of fused-ring (bicyclic) bond motifs is 1. The van der Waals surface area contributed by atoms with Gasteiger partial charge in [-0.1, -0.05) is 0 Å². The molecule has 1 N–H and O–H groups in total. The molecule has 0 spiro atoms. The van der Waals surface area contributed by atoms with Gasteiger partial charge < -0.3 is 14.2 Å². The minimum Gasteiger partial charge on any atom is -0.476 e. The molecule has 2 aromatic heterocycles. The highest BCUT2D eigenvalue weighted by molar-refractivity contribution is 9.10. The lowest BCUT2D eigenvalue weighted by Gasteiger charge is -2.02. The minimum absolute atomic E-state index is 0.0843. The van der Waals surface area contributed by atoms with E-state index in [0.717, 1.165) is 0 Å². The predicted molar refractivity (Wildman–Crippen MR) is 61.2 cm³/mol. The number of carbonyl (C=O) groups is 2. The topological polar surface area (TPSA) is 80.9 Å². The first-order valence-corrected chi connectivity index (χ1v) is 5.32. The maximum atomic E-state index is 11.4. The number of aromatic carboxylic acids is 1. The van der Waals surface area contributed by atoms with E-state index in [1.807, 2.05) is 0 Å². The molecule has 0 amide bonds. The summed E-state index contributed by atoms with van der Waals surface area (Å²) in [5, 5.41) is 8.80. The van der Waals surface area contributed by atoms with E-state index in [-0.39, 0.29) is 5.69 Å². The molecule has 88 valence electrons. The first kappa shape index (κ1) is 11.6. The number of hydrogen-bond donors (Lipinski definition) is 1. The zero-order chi connectivity index (χ0) is 12.6. The van der Waals surface area contributed by atoms with Crippen LogP contribution in [0.5, 0.6) is 0 Å². The van der Waals surface area contributed by atoms with Crippen LogP contribution in [0.4, 0.5) is 0 Å². The molecule has 0 aromatic carbocycles. The van der Waals surface area contributed by atoms with Crippen molar-refractivity contribution in [2.24, 2.45) is 0 Å². The summed E-state index contributed by atoms with van der Waals surface area (Å²) in [5.41, 5.74) is 0.576. The minimum atomic E-state index is -1.12. The van der Waals surface area contributed by atoms with Crippen LogP contribution in [0.3, 0.4) is 0 Å². The molecule has 0 radical (unpaired) electrons. The van der Waals surface area contributed by atoms with Crippen molar-refractivity contribution in [1.29, 1.82) is 0 Å². The fourth-order valence-corrected chi connectivity index (χ4v) is 1.87. The molecule has 6 nitrogen and oxygen atoms in total. The molecule has 0 bridgehead atoms. The highest BCUT2D eigenvalue weighted by Crippen LogP contribution is 2.20. The number of ether oxygens (including phenoxy) is 1. The van der Waals surface area contributed by atoms with E-state index in [9.17, 15) is 9.59 Å². The molecule has 2 heterocycles. The molecule has 0 aliphatic carbocycles. The molecule has 0 saturated heterocycles. The molecule has 0 unspecified atom stereocenters. The molecular formula is C10H7BrN2O4. The number of hydrogen-bond acceptors (Lipinski definition) is 4. The number of halogens is 1. The Morgan fingerprint density at radius 2 is 2.18 bits per heavy atom. The van der Waals surface area contributed by atoms with Gasteiger partial charge in [-0.15, -0.1) is 0 Å². The van der Waals surface area contributed by atoms with E-state index in [1.165, 1.54) is 23.8 Å². The molecule has 0 aliphatic heterocycles. The third-order valence-corrected chi connectivity index (χ3v) is 2.80. The molecular weight excluding hydrogens is 292 g/mol. The number of esters is 1. The number of pyridine rings is 1. The molecule has 17 heavy (non-hydrogen) atoms. The van der Waals surface area contributed by atoms with Gasteiger partial charge in [0, 0.05) is 16.9 Å². The Morgan fingerprint density at radius 1 is 1.47 bits per heavy atom. The lowest BCUT2D eigenvalue weighted by molar-refractivity contribution is 0.0598. The van der Waals surface area contributed by atoms with Gasteiger partial charge in [-0.25, -0.2) is 14.6 Å². The van der Waals surface area contributed by atoms with E-state index in [0.29, 0.717) is 15.7 Å². The predicted octanol–water partition coefficient (Wildman–Crippen LogP) is 1.58. The van der Waals surface area contributed by atoms with Gasteiger partial charge in [-0.2, -0.15) is 0 Å². The molecule has 2 rings (SSSR count). The SMILES string of the molecule is COC(=O)c1cc2nc(C(=O)O)cn2cc1Br. The maximum Gasteiger partial charge on any atom is 0.356 e. The second kappa shape index (κ2) is 4.17. The number of nitrogens with zero attached hydrogens (tertiary/aromatic N) is 2. The summed E-state index contributed by atoms with van der Waals surface area (Å²) in [4.78, 5) is 26.0. The van der Waals surface area contributed by atoms with Gasteiger partial charge >= 0.3 is 11.9 Å². The number of carbonyl (C=O) groups excluding carboxylic acids is 1. The van der Waals surface area contributed by atoms with Crippen molar-refractivity contribution >= 4 is 33.5 Å². The Hall–Kier alpha value is -1.89. The maximum absolute atomic E-state index is 11.4. The van der Waals surface area contributed by atoms with Crippen molar-refractivity contribution in [2.75, 3.05) is 7.11 Å². The second-order valence-corrected chi connectivity index (χ2v) is 4.08. The summed E-state index contributed by atoms with van der Waals surface area (Å²) in [6.45, 7) is 0. The Labute approximate surface area is 104 Å². The number of aromatic nitrogens is 2. The van der Waals surface area contributed by atoms with E-state index >= 15 is 0 Å². The number of carboxylic acid groups (broad SMARTS) is 1. The normalized spacial score (nSPS) is 10.5. The number of carboxylic acids is 1. The van der Waals surface area contributed by atoms with Gasteiger partial charge in [0.1, 0.15) is 5.65 Å². The first-order valence-electron chi connectivity index (χ1n) is 4.53. The molecule has 0 fully saturated rings. The van der Waals surface area contributed by atoms with E-state index in [4.69, 9.17) is 5.11 Å². The monoisotopic (exact) mass is 298 g/mol. The van der Waals surface area contributed by atoms with Gasteiger partial charge in [0.2, 0.25) is 0 Å². The Kier molecular flexibility index (Phi) is 2.84. The van der Waals surface area contributed by atoms with Gasteiger partial charge in [0.15, 0.2) is 5.69 Å². The zero-order valence-corrected chi connectivity index (χ0v) is 10.3. The van der Waals surface area contributed by atoms with Crippen LogP contribution in [0, 0.1) is 0 Å². The van der Waals surface area contributed by atoms with Crippen molar-refractivity contribution in [1.82, 2.24) is 9.38 Å². The van der Waals surface area contributed by atoms with E-state index in [1.54, 1.807) is 6.20 Å². The summed E-state index contributed by atoms with van der Waals surface area (Å²) in [5.74, 6) is -1.64. The van der Waals surface area contributed by atoms with Gasteiger partial charge in [-0.05, 0) is 22.0 Å². The van der Waals surface area contributed by atoms with Crippen molar-refractivity contribution in [3.63, 3.8) is 0 Å². The number of imidazole rings is 1. The third kappa shape index (κ3) is 2.01. The zero-order valence-electron chi connectivity index (χ0n) is 8.68. The molecule has 2 aromatic rings. The average Bonchev–Trinajstić information content (AvgIpc) is 2.69. The fraction of sp³-hybridized carbons (Fsp3) is 0.100. The lowest BCUT2D eigenvalue weighted by atomic mass is 10.3. The number of rotatable bonds is 2. The van der Waals surface area contributed by atoms with Crippen molar-refractivity contribution in [2.45, 2.75) is 0 Å². The summed E-state index contributed by atoms with van der Waals surface area (Å²) in [7, 11) is 1.27. The fourth-order valence-electron chi connectivity index (χ4n) is 1.38. The quantitative estimate of drug-likeness (QED) is 0.852. The number of methoxy groups -OCH3 is 1. The van der Waals surface area contributed by atoms with Gasteiger partial charge in [-0.3, -0.25) is 0 Å². The van der Waals surface area contributed by atoms with Gasteiger partial charge in [0.05, 0.1) is 12.7 Å². The van der Waals surface area contributed by atoms with Crippen molar-refractivity contribution < 1.29 is 19.4 Å². The van der Waals surface area contributed by atoms with Crippen LogP contribution >= 0.6 is 15.9 Å². The summed E-state index contributed by atoms with van der Waals surface area (Å²) >= 11 is 3.21. The largest absolute Gasteiger partial charge is 0.476 e. The van der Waals surface area contributed by atoms with Crippen molar-refractivity contribution in [3.05, 3.63) is 34.2 Å². The standard InChI is InChI=1S/C10H7BrN2O4/c1-17-10(16)5-2-8-12-7(9(14)15)4-13(8)3-6(5)11/h2-4H,1H3,(H,14,15). The highest BCUT2D eigenvalue weighted by atomic mass is 79.9. The van der Waals surface area contributed by atoms with E-state index < -0.39 is 11.9 Å². The summed E-state index contributed by atoms with van der Waals surface area (Å²) in [6.07, 6.45) is 2.92. The summed E-state index contributed by atoms with van der Waals surface area (Å²) in [6, 6.07) is 1.46. The molecule has 0 atom stereocenters. The van der Waals surface area contributed by atoms with Crippen LogP contribution in [0.2, 0.25) is 0 Å². The van der Waals surface area contributed by atoms with Crippen LogP contribution < -0.4 is 0 Å².